The highest BCUT2D eigenvalue weighted by Crippen LogP contribution is 2.27. The third-order valence-corrected chi connectivity index (χ3v) is 7.29. The van der Waals surface area contributed by atoms with E-state index < -0.39 is 10.0 Å². The highest BCUT2D eigenvalue weighted by molar-refractivity contribution is 9.10. The molecule has 2 aromatic rings. The Labute approximate surface area is 194 Å². The number of methoxy groups -OCH3 is 1. The minimum absolute atomic E-state index is 0. The van der Waals surface area contributed by atoms with Crippen molar-refractivity contribution in [3.8, 4) is 5.75 Å². The smallest absolute Gasteiger partial charge is 0.244 e. The van der Waals surface area contributed by atoms with Gasteiger partial charge in [-0.15, -0.1) is 12.4 Å². The number of fused-ring (bicyclic) bond motifs is 1. The fourth-order valence-electron chi connectivity index (χ4n) is 3.70. The first-order chi connectivity index (χ1) is 14.0. The Kier molecular flexibility index (Phi) is 10.1. The van der Waals surface area contributed by atoms with Gasteiger partial charge in [0.15, 0.2) is 0 Å². The van der Waals surface area contributed by atoms with Crippen LogP contribution in [0.2, 0.25) is 0 Å². The van der Waals surface area contributed by atoms with Crippen molar-refractivity contribution in [2.75, 3.05) is 26.7 Å². The molecule has 1 heterocycles. The van der Waals surface area contributed by atoms with Crippen LogP contribution in [0.25, 0.3) is 0 Å². The van der Waals surface area contributed by atoms with E-state index in [1.54, 1.807) is 18.2 Å². The van der Waals surface area contributed by atoms with E-state index in [0.29, 0.717) is 16.8 Å². The van der Waals surface area contributed by atoms with Gasteiger partial charge in [0.05, 0.1) is 7.11 Å². The lowest BCUT2D eigenvalue weighted by Gasteiger charge is -2.28. The number of unbranched alkanes of at least 4 members (excludes halogenated alkanes) is 3. The van der Waals surface area contributed by atoms with Crippen molar-refractivity contribution in [3.05, 3.63) is 58.1 Å². The number of hydrogen-bond acceptors (Lipinski definition) is 4. The van der Waals surface area contributed by atoms with E-state index in [9.17, 15) is 8.42 Å². The van der Waals surface area contributed by atoms with Crippen molar-refractivity contribution in [3.63, 3.8) is 0 Å². The SMILES string of the molecule is COc1ccc(Br)cc1S(=O)(=O)NCCCCCCN1CCc2ccccc2C1.Cl. The normalized spacial score (nSPS) is 14.1. The predicted octanol–water partition coefficient (Wildman–Crippen LogP) is 4.78. The lowest BCUT2D eigenvalue weighted by molar-refractivity contribution is 0.248. The number of hydrogen-bond donors (Lipinski definition) is 1. The molecule has 166 valence electrons. The molecule has 0 radical (unpaired) electrons. The van der Waals surface area contributed by atoms with Gasteiger partial charge in [-0.25, -0.2) is 13.1 Å². The average Bonchev–Trinajstić information content (AvgIpc) is 2.73. The first kappa shape index (κ1) is 25.1. The number of halogens is 2. The molecule has 0 aliphatic carbocycles. The summed E-state index contributed by atoms with van der Waals surface area (Å²) in [6.07, 6.45) is 5.24. The summed E-state index contributed by atoms with van der Waals surface area (Å²) in [5, 5.41) is 0. The maximum Gasteiger partial charge on any atom is 0.244 e. The molecule has 0 spiro atoms. The molecule has 5 nitrogen and oxygen atoms in total. The Morgan fingerprint density at radius 2 is 1.80 bits per heavy atom. The summed E-state index contributed by atoms with van der Waals surface area (Å²) >= 11 is 3.32. The molecule has 1 aliphatic rings. The van der Waals surface area contributed by atoms with E-state index in [0.717, 1.165) is 51.7 Å². The monoisotopic (exact) mass is 516 g/mol. The van der Waals surface area contributed by atoms with E-state index in [4.69, 9.17) is 4.74 Å². The molecule has 0 aromatic heterocycles. The fraction of sp³-hybridized carbons (Fsp3) is 0.455. The fourth-order valence-corrected chi connectivity index (χ4v) is 5.48. The molecule has 2 aromatic carbocycles. The lowest BCUT2D eigenvalue weighted by atomic mass is 10.00. The van der Waals surface area contributed by atoms with Gasteiger partial charge >= 0.3 is 0 Å². The average molecular weight is 518 g/mol. The van der Waals surface area contributed by atoms with E-state index in [1.165, 1.54) is 18.2 Å². The van der Waals surface area contributed by atoms with Crippen LogP contribution in [0, 0.1) is 0 Å². The van der Waals surface area contributed by atoms with Crippen LogP contribution in [-0.4, -0.2) is 40.1 Å². The zero-order valence-corrected chi connectivity index (χ0v) is 20.5. The number of sulfonamides is 1. The Hall–Kier alpha value is -1.12. The summed E-state index contributed by atoms with van der Waals surface area (Å²) in [6.45, 7) is 3.72. The quantitative estimate of drug-likeness (QED) is 0.461. The first-order valence-electron chi connectivity index (χ1n) is 10.1. The minimum atomic E-state index is -3.58. The Morgan fingerprint density at radius 3 is 2.57 bits per heavy atom. The molecule has 8 heteroatoms. The second-order valence-corrected chi connectivity index (χ2v) is 10.1. The van der Waals surface area contributed by atoms with Crippen LogP contribution in [0.15, 0.2) is 51.8 Å². The number of rotatable bonds is 10. The molecule has 0 fully saturated rings. The van der Waals surface area contributed by atoms with Gasteiger partial charge in [-0.05, 0) is 55.1 Å². The van der Waals surface area contributed by atoms with Crippen molar-refractivity contribution in [1.29, 1.82) is 0 Å². The minimum Gasteiger partial charge on any atom is -0.495 e. The van der Waals surface area contributed by atoms with Crippen molar-refractivity contribution >= 4 is 38.4 Å². The summed E-state index contributed by atoms with van der Waals surface area (Å²) < 4.78 is 33.7. The molecule has 0 unspecified atom stereocenters. The van der Waals surface area contributed by atoms with E-state index in [2.05, 4.69) is 49.8 Å². The molecule has 1 N–H and O–H groups in total. The number of benzene rings is 2. The van der Waals surface area contributed by atoms with Gasteiger partial charge in [0, 0.05) is 24.1 Å². The molecule has 1 aliphatic heterocycles. The lowest BCUT2D eigenvalue weighted by Crippen LogP contribution is -2.31. The maximum absolute atomic E-state index is 12.5. The Morgan fingerprint density at radius 1 is 1.07 bits per heavy atom. The first-order valence-corrected chi connectivity index (χ1v) is 12.4. The molecule has 0 atom stereocenters. The van der Waals surface area contributed by atoms with Crippen molar-refractivity contribution in [2.45, 2.75) is 43.5 Å². The zero-order valence-electron chi connectivity index (χ0n) is 17.3. The van der Waals surface area contributed by atoms with Gasteiger partial charge < -0.3 is 4.74 Å². The second kappa shape index (κ2) is 12.1. The molecule has 0 amide bonds. The predicted molar refractivity (Wildman–Crippen MR) is 127 cm³/mol. The summed E-state index contributed by atoms with van der Waals surface area (Å²) in [7, 11) is -2.10. The molecule has 0 saturated carbocycles. The summed E-state index contributed by atoms with van der Waals surface area (Å²) in [5.41, 5.74) is 2.94. The summed E-state index contributed by atoms with van der Waals surface area (Å²) in [6, 6.07) is 13.7. The molecule has 30 heavy (non-hydrogen) atoms. The van der Waals surface area contributed by atoms with Crippen molar-refractivity contribution in [2.24, 2.45) is 0 Å². The van der Waals surface area contributed by atoms with Crippen LogP contribution in [0.5, 0.6) is 5.75 Å². The van der Waals surface area contributed by atoms with Crippen LogP contribution in [0.4, 0.5) is 0 Å². The van der Waals surface area contributed by atoms with Crippen LogP contribution in [0.1, 0.15) is 36.8 Å². The maximum atomic E-state index is 12.5. The van der Waals surface area contributed by atoms with E-state index >= 15 is 0 Å². The Balaban J connectivity index is 0.00000320. The van der Waals surface area contributed by atoms with Gasteiger partial charge in [0.2, 0.25) is 10.0 Å². The molecular formula is C22H30BrClN2O3S. The molecular weight excluding hydrogens is 488 g/mol. The zero-order chi connectivity index (χ0) is 20.7. The van der Waals surface area contributed by atoms with Crippen LogP contribution in [0.3, 0.4) is 0 Å². The van der Waals surface area contributed by atoms with Gasteiger partial charge in [-0.1, -0.05) is 53.0 Å². The summed E-state index contributed by atoms with van der Waals surface area (Å²) in [5.74, 6) is 0.351. The third kappa shape index (κ3) is 6.95. The van der Waals surface area contributed by atoms with Gasteiger partial charge in [0.1, 0.15) is 10.6 Å². The number of nitrogens with one attached hydrogen (secondary N) is 1. The van der Waals surface area contributed by atoms with Crippen LogP contribution >= 0.6 is 28.3 Å². The standard InChI is InChI=1S/C22H29BrN2O3S.ClH/c1-28-21-11-10-20(23)16-22(21)29(26,27)24-13-6-2-3-7-14-25-15-12-18-8-4-5-9-19(18)17-25;/h4-5,8-11,16,24H,2-3,6-7,12-15,17H2,1H3;1H. The van der Waals surface area contributed by atoms with Gasteiger partial charge in [-0.2, -0.15) is 0 Å². The molecule has 0 bridgehead atoms. The topological polar surface area (TPSA) is 58.6 Å². The third-order valence-electron chi connectivity index (χ3n) is 5.32. The van der Waals surface area contributed by atoms with Gasteiger partial charge in [-0.3, -0.25) is 4.90 Å². The Bertz CT molecular complexity index is 924. The molecule has 0 saturated heterocycles. The number of ether oxygens (including phenoxy) is 1. The van der Waals surface area contributed by atoms with Crippen molar-refractivity contribution < 1.29 is 13.2 Å². The number of nitrogens with zero attached hydrogens (tertiary/aromatic N) is 1. The summed E-state index contributed by atoms with van der Waals surface area (Å²) in [4.78, 5) is 2.68. The second-order valence-electron chi connectivity index (χ2n) is 7.40. The van der Waals surface area contributed by atoms with E-state index in [-0.39, 0.29) is 17.3 Å². The highest BCUT2D eigenvalue weighted by atomic mass is 79.9. The van der Waals surface area contributed by atoms with Gasteiger partial charge in [0.25, 0.3) is 0 Å². The largest absolute Gasteiger partial charge is 0.495 e. The highest BCUT2D eigenvalue weighted by Gasteiger charge is 2.19. The van der Waals surface area contributed by atoms with Crippen LogP contribution in [-0.2, 0) is 23.0 Å². The van der Waals surface area contributed by atoms with Crippen LogP contribution < -0.4 is 9.46 Å². The van der Waals surface area contributed by atoms with Crippen molar-refractivity contribution in [1.82, 2.24) is 9.62 Å². The van der Waals surface area contributed by atoms with E-state index in [1.807, 2.05) is 0 Å². The molecule has 3 rings (SSSR count).